The van der Waals surface area contributed by atoms with Gasteiger partial charge in [0.05, 0.1) is 19.1 Å². The summed E-state index contributed by atoms with van der Waals surface area (Å²) in [4.78, 5) is 14.4. The molecule has 2 unspecified atom stereocenters. The van der Waals surface area contributed by atoms with Gasteiger partial charge in [0.15, 0.2) is 0 Å². The molecular formula is C17H26N2O2. The van der Waals surface area contributed by atoms with Crippen molar-refractivity contribution in [2.24, 2.45) is 5.92 Å². The minimum atomic E-state index is -0.0688. The quantitative estimate of drug-likeness (QED) is 0.900. The van der Waals surface area contributed by atoms with E-state index in [4.69, 9.17) is 4.74 Å². The number of benzene rings is 1. The lowest BCUT2D eigenvalue weighted by Crippen LogP contribution is -2.44. The van der Waals surface area contributed by atoms with E-state index in [2.05, 4.69) is 44.3 Å². The topological polar surface area (TPSA) is 41.6 Å². The second-order valence-corrected chi connectivity index (χ2v) is 5.93. The largest absolute Gasteiger partial charge is 0.379 e. The van der Waals surface area contributed by atoms with Crippen molar-refractivity contribution in [3.05, 3.63) is 34.9 Å². The van der Waals surface area contributed by atoms with Gasteiger partial charge < -0.3 is 15.0 Å². The number of rotatable bonds is 5. The van der Waals surface area contributed by atoms with E-state index >= 15 is 0 Å². The Morgan fingerprint density at radius 3 is 2.81 bits per heavy atom. The molecule has 2 atom stereocenters. The number of nitrogens with one attached hydrogen (secondary N) is 1. The number of hydrogen-bond donors (Lipinski definition) is 1. The van der Waals surface area contributed by atoms with Crippen molar-refractivity contribution in [2.75, 3.05) is 26.8 Å². The van der Waals surface area contributed by atoms with E-state index in [1.165, 1.54) is 16.7 Å². The number of carbonyl (C=O) groups excluding carboxylic acids is 1. The molecule has 0 saturated carbocycles. The second-order valence-electron chi connectivity index (χ2n) is 5.93. The second kappa shape index (κ2) is 7.05. The normalized spacial score (nSPS) is 21.5. The fourth-order valence-electron chi connectivity index (χ4n) is 2.90. The summed E-state index contributed by atoms with van der Waals surface area (Å²) < 4.78 is 5.47. The van der Waals surface area contributed by atoms with Crippen LogP contribution < -0.4 is 5.32 Å². The van der Waals surface area contributed by atoms with Crippen LogP contribution in [0.25, 0.3) is 0 Å². The molecule has 0 aliphatic carbocycles. The van der Waals surface area contributed by atoms with Gasteiger partial charge in [-0.05, 0) is 31.5 Å². The van der Waals surface area contributed by atoms with Crippen LogP contribution in [0.2, 0.25) is 0 Å². The van der Waals surface area contributed by atoms with Crippen LogP contribution >= 0.6 is 0 Å². The smallest absolute Gasteiger partial charge is 0.229 e. The predicted octanol–water partition coefficient (Wildman–Crippen LogP) is 1.89. The van der Waals surface area contributed by atoms with Gasteiger partial charge in [0.2, 0.25) is 5.91 Å². The van der Waals surface area contributed by atoms with Crippen molar-refractivity contribution in [1.82, 2.24) is 10.2 Å². The van der Waals surface area contributed by atoms with Crippen molar-refractivity contribution in [1.29, 1.82) is 0 Å². The summed E-state index contributed by atoms with van der Waals surface area (Å²) in [5, 5.41) is 3.34. The van der Waals surface area contributed by atoms with E-state index in [1.54, 1.807) is 0 Å². The summed E-state index contributed by atoms with van der Waals surface area (Å²) in [6.45, 7) is 8.90. The van der Waals surface area contributed by atoms with Gasteiger partial charge in [0.1, 0.15) is 0 Å². The third kappa shape index (κ3) is 3.83. The zero-order valence-corrected chi connectivity index (χ0v) is 13.5. The Hall–Kier alpha value is -1.39. The fourth-order valence-corrected chi connectivity index (χ4v) is 2.90. The molecule has 0 bridgehead atoms. The molecular weight excluding hydrogens is 264 g/mol. The van der Waals surface area contributed by atoms with Gasteiger partial charge >= 0.3 is 0 Å². The molecule has 2 rings (SSSR count). The standard InChI is InChI=1S/C17H26N2O2/c1-5-18-16-11-21-10-15(16)17(20)19(4)9-14-7-6-12(2)8-13(14)3/h6-8,15-16,18H,5,9-11H2,1-4H3. The van der Waals surface area contributed by atoms with Crippen LogP contribution in [0.4, 0.5) is 0 Å². The van der Waals surface area contributed by atoms with Crippen LogP contribution in [-0.2, 0) is 16.1 Å². The van der Waals surface area contributed by atoms with Gasteiger partial charge in [-0.15, -0.1) is 0 Å². The van der Waals surface area contributed by atoms with Gasteiger partial charge in [-0.25, -0.2) is 0 Å². The van der Waals surface area contributed by atoms with Crippen LogP contribution in [0.15, 0.2) is 18.2 Å². The summed E-state index contributed by atoms with van der Waals surface area (Å²) in [5.41, 5.74) is 3.69. The molecule has 4 heteroatoms. The highest BCUT2D eigenvalue weighted by Crippen LogP contribution is 2.19. The molecule has 21 heavy (non-hydrogen) atoms. The molecule has 4 nitrogen and oxygen atoms in total. The van der Waals surface area contributed by atoms with Crippen molar-refractivity contribution in [3.63, 3.8) is 0 Å². The summed E-state index contributed by atoms with van der Waals surface area (Å²) in [6.07, 6.45) is 0. The average Bonchev–Trinajstić information content (AvgIpc) is 2.89. The van der Waals surface area contributed by atoms with Crippen molar-refractivity contribution in [2.45, 2.75) is 33.4 Å². The van der Waals surface area contributed by atoms with Crippen molar-refractivity contribution in [3.8, 4) is 0 Å². The highest BCUT2D eigenvalue weighted by atomic mass is 16.5. The van der Waals surface area contributed by atoms with E-state index in [-0.39, 0.29) is 17.9 Å². The molecule has 1 aromatic rings. The monoisotopic (exact) mass is 290 g/mol. The molecule has 1 aliphatic rings. The lowest BCUT2D eigenvalue weighted by atomic mass is 10.0. The Morgan fingerprint density at radius 2 is 2.14 bits per heavy atom. The van der Waals surface area contributed by atoms with Gasteiger partial charge in [-0.2, -0.15) is 0 Å². The molecule has 0 aromatic heterocycles. The molecule has 0 radical (unpaired) electrons. The molecule has 1 fully saturated rings. The van der Waals surface area contributed by atoms with E-state index in [9.17, 15) is 4.79 Å². The lowest BCUT2D eigenvalue weighted by Gasteiger charge is -2.25. The van der Waals surface area contributed by atoms with Gasteiger partial charge in [-0.1, -0.05) is 30.7 Å². The SMILES string of the molecule is CCNC1COCC1C(=O)N(C)Cc1ccc(C)cc1C. The van der Waals surface area contributed by atoms with Crippen LogP contribution in [0.5, 0.6) is 0 Å². The number of carbonyl (C=O) groups is 1. The summed E-state index contributed by atoms with van der Waals surface area (Å²) in [7, 11) is 1.88. The van der Waals surface area contributed by atoms with Crippen LogP contribution in [0, 0.1) is 19.8 Å². The number of nitrogens with zero attached hydrogens (tertiary/aromatic N) is 1. The highest BCUT2D eigenvalue weighted by Gasteiger charge is 2.35. The third-order valence-electron chi connectivity index (χ3n) is 4.15. The fraction of sp³-hybridized carbons (Fsp3) is 0.588. The molecule has 1 heterocycles. The zero-order valence-electron chi connectivity index (χ0n) is 13.5. The number of ether oxygens (including phenoxy) is 1. The van der Waals surface area contributed by atoms with Crippen molar-refractivity contribution >= 4 is 5.91 Å². The first-order chi connectivity index (χ1) is 10.0. The number of amides is 1. The summed E-state index contributed by atoms with van der Waals surface area (Å²) in [5.74, 6) is 0.0964. The minimum Gasteiger partial charge on any atom is -0.379 e. The third-order valence-corrected chi connectivity index (χ3v) is 4.15. The van der Waals surface area contributed by atoms with Gasteiger partial charge in [0, 0.05) is 19.6 Å². The van der Waals surface area contributed by atoms with Crippen LogP contribution in [0.1, 0.15) is 23.6 Å². The maximum absolute atomic E-state index is 12.6. The van der Waals surface area contributed by atoms with Crippen LogP contribution in [-0.4, -0.2) is 43.7 Å². The van der Waals surface area contributed by atoms with Crippen molar-refractivity contribution < 1.29 is 9.53 Å². The van der Waals surface area contributed by atoms with Gasteiger partial charge in [-0.3, -0.25) is 4.79 Å². The molecule has 1 N–H and O–H groups in total. The molecule has 0 spiro atoms. The Morgan fingerprint density at radius 1 is 1.38 bits per heavy atom. The number of likely N-dealkylation sites (N-methyl/N-ethyl adjacent to an activating group) is 1. The first kappa shape index (κ1) is 16.0. The predicted molar refractivity (Wildman–Crippen MR) is 84.2 cm³/mol. The summed E-state index contributed by atoms with van der Waals surface area (Å²) in [6, 6.07) is 6.51. The molecule has 1 amide bonds. The van der Waals surface area contributed by atoms with E-state index in [0.717, 1.165) is 6.54 Å². The maximum atomic E-state index is 12.6. The van der Waals surface area contributed by atoms with E-state index < -0.39 is 0 Å². The van der Waals surface area contributed by atoms with Gasteiger partial charge in [0.25, 0.3) is 0 Å². The van der Waals surface area contributed by atoms with E-state index in [1.807, 2.05) is 11.9 Å². The molecule has 116 valence electrons. The first-order valence-corrected chi connectivity index (χ1v) is 7.65. The Bertz CT molecular complexity index is 502. The molecule has 1 aliphatic heterocycles. The van der Waals surface area contributed by atoms with E-state index in [0.29, 0.717) is 19.8 Å². The maximum Gasteiger partial charge on any atom is 0.229 e. The number of aryl methyl sites for hydroxylation is 2. The molecule has 1 saturated heterocycles. The zero-order chi connectivity index (χ0) is 15.4. The Balaban J connectivity index is 2.02. The van der Waals surface area contributed by atoms with Crippen LogP contribution in [0.3, 0.4) is 0 Å². The summed E-state index contributed by atoms with van der Waals surface area (Å²) >= 11 is 0. The Kier molecular flexibility index (Phi) is 5.37. The minimum absolute atomic E-state index is 0.0688. The average molecular weight is 290 g/mol. The first-order valence-electron chi connectivity index (χ1n) is 7.65. The number of hydrogen-bond acceptors (Lipinski definition) is 3. The lowest BCUT2D eigenvalue weighted by molar-refractivity contribution is -0.135. The highest BCUT2D eigenvalue weighted by molar-refractivity contribution is 5.79. The Labute approximate surface area is 127 Å². The molecule has 1 aromatic carbocycles.